The molecule has 3 atom stereocenters. The van der Waals surface area contributed by atoms with Gasteiger partial charge in [-0.15, -0.1) is 0 Å². The van der Waals surface area contributed by atoms with Crippen LogP contribution in [0.4, 0.5) is 0 Å². The number of hydrogen-bond acceptors (Lipinski definition) is 3. The van der Waals surface area contributed by atoms with Crippen molar-refractivity contribution in [3.05, 3.63) is 35.4 Å². The maximum Gasteiger partial charge on any atom is 0.0791 e. The lowest BCUT2D eigenvalue weighted by Gasteiger charge is -2.22. The molecule has 3 unspecified atom stereocenters. The Bertz CT molecular complexity index is 392. The Morgan fingerprint density at radius 3 is 2.83 bits per heavy atom. The van der Waals surface area contributed by atoms with Gasteiger partial charge in [0.1, 0.15) is 0 Å². The number of aliphatic hydroxyl groups excluding tert-OH is 1. The van der Waals surface area contributed by atoms with Gasteiger partial charge in [0.05, 0.1) is 6.10 Å². The van der Waals surface area contributed by atoms with Crippen LogP contribution in [0.3, 0.4) is 0 Å². The first-order chi connectivity index (χ1) is 8.58. The molecule has 1 aromatic carbocycles. The van der Waals surface area contributed by atoms with Gasteiger partial charge in [-0.3, -0.25) is 0 Å². The number of nitrogens with zero attached hydrogens (tertiary/aromatic N) is 1. The van der Waals surface area contributed by atoms with Crippen LogP contribution in [0.25, 0.3) is 0 Å². The first kappa shape index (κ1) is 13.5. The fraction of sp³-hybridized carbons (Fsp3) is 0.600. The molecule has 3 heteroatoms. The van der Waals surface area contributed by atoms with Crippen LogP contribution < -0.4 is 5.32 Å². The molecule has 2 N–H and O–H groups in total. The Morgan fingerprint density at radius 1 is 1.39 bits per heavy atom. The van der Waals surface area contributed by atoms with Gasteiger partial charge in [-0.1, -0.05) is 31.2 Å². The van der Waals surface area contributed by atoms with E-state index in [0.717, 1.165) is 6.42 Å². The van der Waals surface area contributed by atoms with Crippen molar-refractivity contribution >= 4 is 0 Å². The third kappa shape index (κ3) is 3.10. The summed E-state index contributed by atoms with van der Waals surface area (Å²) in [6.07, 6.45) is 0.831. The van der Waals surface area contributed by atoms with E-state index in [-0.39, 0.29) is 6.10 Å². The molecule has 0 fully saturated rings. The van der Waals surface area contributed by atoms with Gasteiger partial charge in [0, 0.05) is 19.1 Å². The van der Waals surface area contributed by atoms with Crippen LogP contribution in [0.5, 0.6) is 0 Å². The molecule has 1 aliphatic carbocycles. The molecule has 0 aliphatic heterocycles. The third-order valence-corrected chi connectivity index (χ3v) is 3.65. The maximum atomic E-state index is 9.91. The van der Waals surface area contributed by atoms with E-state index in [1.807, 2.05) is 19.0 Å². The molecule has 0 bridgehead atoms. The number of likely N-dealkylation sites (N-methyl/N-ethyl adjacent to an activating group) is 1. The predicted octanol–water partition coefficient (Wildman–Crippen LogP) is 1.43. The highest BCUT2D eigenvalue weighted by atomic mass is 16.3. The van der Waals surface area contributed by atoms with Crippen molar-refractivity contribution in [2.24, 2.45) is 5.92 Å². The second-order valence-corrected chi connectivity index (χ2v) is 5.68. The van der Waals surface area contributed by atoms with Crippen molar-refractivity contribution in [3.63, 3.8) is 0 Å². The van der Waals surface area contributed by atoms with Gasteiger partial charge in [-0.2, -0.15) is 0 Å². The van der Waals surface area contributed by atoms with Crippen molar-refractivity contribution in [1.82, 2.24) is 10.2 Å². The minimum absolute atomic E-state index is 0.306. The average molecular weight is 248 g/mol. The van der Waals surface area contributed by atoms with Crippen LogP contribution >= 0.6 is 0 Å². The zero-order valence-electron chi connectivity index (χ0n) is 11.6. The van der Waals surface area contributed by atoms with Crippen LogP contribution in [0.1, 0.15) is 24.1 Å². The predicted molar refractivity (Wildman–Crippen MR) is 74.6 cm³/mol. The summed E-state index contributed by atoms with van der Waals surface area (Å²) in [5.74, 6) is 0.606. The van der Waals surface area contributed by atoms with Crippen LogP contribution in [0.15, 0.2) is 24.3 Å². The number of hydrogen-bond donors (Lipinski definition) is 2. The Kier molecular flexibility index (Phi) is 4.38. The van der Waals surface area contributed by atoms with E-state index >= 15 is 0 Å². The maximum absolute atomic E-state index is 9.91. The fourth-order valence-electron chi connectivity index (χ4n) is 2.85. The molecule has 0 amide bonds. The highest BCUT2D eigenvalue weighted by Gasteiger charge is 2.28. The molecule has 100 valence electrons. The van der Waals surface area contributed by atoms with E-state index in [4.69, 9.17) is 0 Å². The molecule has 2 rings (SSSR count). The smallest absolute Gasteiger partial charge is 0.0791 e. The second kappa shape index (κ2) is 5.83. The summed E-state index contributed by atoms with van der Waals surface area (Å²) in [7, 11) is 3.97. The van der Waals surface area contributed by atoms with Gasteiger partial charge in [0.25, 0.3) is 0 Å². The van der Waals surface area contributed by atoms with E-state index < -0.39 is 0 Å². The summed E-state index contributed by atoms with van der Waals surface area (Å²) in [6, 6.07) is 9.01. The van der Waals surface area contributed by atoms with Gasteiger partial charge < -0.3 is 15.3 Å². The first-order valence-electron chi connectivity index (χ1n) is 6.72. The number of fused-ring (bicyclic) bond motifs is 1. The summed E-state index contributed by atoms with van der Waals surface area (Å²) >= 11 is 0. The van der Waals surface area contributed by atoms with Crippen LogP contribution in [0, 0.1) is 5.92 Å². The van der Waals surface area contributed by atoms with Crippen molar-refractivity contribution in [2.45, 2.75) is 25.5 Å². The molecule has 3 nitrogen and oxygen atoms in total. The highest BCUT2D eigenvalue weighted by Crippen LogP contribution is 2.35. The number of nitrogens with one attached hydrogen (secondary N) is 1. The molecule has 0 radical (unpaired) electrons. The van der Waals surface area contributed by atoms with E-state index in [9.17, 15) is 5.11 Å². The Hall–Kier alpha value is -0.900. The van der Waals surface area contributed by atoms with Crippen molar-refractivity contribution in [2.75, 3.05) is 27.2 Å². The van der Waals surface area contributed by atoms with Crippen LogP contribution in [-0.4, -0.2) is 43.3 Å². The largest absolute Gasteiger partial charge is 0.390 e. The van der Waals surface area contributed by atoms with Crippen molar-refractivity contribution in [3.8, 4) is 0 Å². The van der Waals surface area contributed by atoms with E-state index in [2.05, 4.69) is 36.5 Å². The third-order valence-electron chi connectivity index (χ3n) is 3.65. The van der Waals surface area contributed by atoms with E-state index in [0.29, 0.717) is 25.0 Å². The SMILES string of the molecule is CC1Cc2ccccc2C1NCC(O)CN(C)C. The monoisotopic (exact) mass is 248 g/mol. The zero-order valence-corrected chi connectivity index (χ0v) is 11.6. The number of aliphatic hydroxyl groups is 1. The molecular formula is C15H24N2O. The van der Waals surface area contributed by atoms with Crippen LogP contribution in [0.2, 0.25) is 0 Å². The lowest BCUT2D eigenvalue weighted by molar-refractivity contribution is 0.129. The molecular weight excluding hydrogens is 224 g/mol. The normalized spacial score (nSPS) is 24.3. The summed E-state index contributed by atoms with van der Waals surface area (Å²) in [6.45, 7) is 3.63. The molecule has 0 saturated carbocycles. The standard InChI is InChI=1S/C15H24N2O/c1-11-8-12-6-4-5-7-14(12)15(11)16-9-13(18)10-17(2)3/h4-7,11,13,15-16,18H,8-10H2,1-3H3. The van der Waals surface area contributed by atoms with Crippen molar-refractivity contribution < 1.29 is 5.11 Å². The topological polar surface area (TPSA) is 35.5 Å². The fourth-order valence-corrected chi connectivity index (χ4v) is 2.85. The quantitative estimate of drug-likeness (QED) is 0.827. The van der Waals surface area contributed by atoms with E-state index in [1.54, 1.807) is 0 Å². The Labute approximate surface area is 110 Å². The van der Waals surface area contributed by atoms with Crippen molar-refractivity contribution in [1.29, 1.82) is 0 Å². The molecule has 1 aliphatic rings. The van der Waals surface area contributed by atoms with Gasteiger partial charge in [-0.05, 0) is 37.6 Å². The molecule has 0 saturated heterocycles. The zero-order chi connectivity index (χ0) is 13.1. The van der Waals surface area contributed by atoms with Gasteiger partial charge in [-0.25, -0.2) is 0 Å². The van der Waals surface area contributed by atoms with E-state index in [1.165, 1.54) is 11.1 Å². The summed E-state index contributed by atoms with van der Waals surface area (Å²) in [5, 5.41) is 13.4. The Morgan fingerprint density at radius 2 is 2.11 bits per heavy atom. The average Bonchev–Trinajstić information content (AvgIpc) is 2.61. The number of benzene rings is 1. The highest BCUT2D eigenvalue weighted by molar-refractivity contribution is 5.35. The molecule has 0 aromatic heterocycles. The lowest BCUT2D eigenvalue weighted by Crippen LogP contribution is -2.37. The molecule has 0 spiro atoms. The summed E-state index contributed by atoms with van der Waals surface area (Å²) in [4.78, 5) is 2.01. The van der Waals surface area contributed by atoms with Gasteiger partial charge in [0.2, 0.25) is 0 Å². The van der Waals surface area contributed by atoms with Gasteiger partial charge in [0.15, 0.2) is 0 Å². The number of rotatable bonds is 5. The summed E-state index contributed by atoms with van der Waals surface area (Å²) in [5.41, 5.74) is 2.85. The molecule has 1 aromatic rings. The summed E-state index contributed by atoms with van der Waals surface area (Å²) < 4.78 is 0. The molecule has 0 heterocycles. The lowest BCUT2D eigenvalue weighted by atomic mass is 10.0. The van der Waals surface area contributed by atoms with Crippen LogP contribution in [-0.2, 0) is 6.42 Å². The second-order valence-electron chi connectivity index (χ2n) is 5.68. The minimum atomic E-state index is -0.306. The van der Waals surface area contributed by atoms with Gasteiger partial charge >= 0.3 is 0 Å². The Balaban J connectivity index is 1.94. The minimum Gasteiger partial charge on any atom is -0.390 e. The molecule has 18 heavy (non-hydrogen) atoms. The first-order valence-corrected chi connectivity index (χ1v) is 6.72.